The first kappa shape index (κ1) is 36.0. The number of benzene rings is 2. The molecule has 232 valence electrons. The van der Waals surface area contributed by atoms with Crippen molar-refractivity contribution in [2.75, 3.05) is 0 Å². The average Bonchev–Trinajstić information content (AvgIpc) is 2.97. The van der Waals surface area contributed by atoms with Crippen molar-refractivity contribution in [3.8, 4) is 11.5 Å². The molecule has 0 N–H and O–H groups in total. The summed E-state index contributed by atoms with van der Waals surface area (Å²) >= 11 is -3.61. The third kappa shape index (κ3) is 12.5. The Kier molecular flexibility index (Phi) is 18.9. The monoisotopic (exact) mass is 672 g/mol. The molecule has 2 nitrogen and oxygen atoms in total. The fourth-order valence-electron chi connectivity index (χ4n) is 6.32. The Morgan fingerprint density at radius 3 is 1.22 bits per heavy atom. The Morgan fingerprint density at radius 1 is 0.463 bits per heavy atom. The third-order valence-corrected chi connectivity index (χ3v) is 18.4. The van der Waals surface area contributed by atoms with Gasteiger partial charge in [-0.25, -0.2) is 0 Å². The van der Waals surface area contributed by atoms with Crippen LogP contribution in [0, 0.1) is 0 Å². The van der Waals surface area contributed by atoms with Gasteiger partial charge in [-0.1, -0.05) is 0 Å². The van der Waals surface area contributed by atoms with Gasteiger partial charge in [-0.15, -0.1) is 0 Å². The molecule has 2 aromatic rings. The molecular formula is C38H64O2Sn. The molecule has 0 radical (unpaired) electrons. The Balaban J connectivity index is 2.47. The van der Waals surface area contributed by atoms with Gasteiger partial charge in [0.2, 0.25) is 0 Å². The summed E-state index contributed by atoms with van der Waals surface area (Å²) in [6, 6.07) is 13.6. The number of hydrogen-bond donors (Lipinski definition) is 0. The van der Waals surface area contributed by atoms with Gasteiger partial charge in [0.05, 0.1) is 0 Å². The van der Waals surface area contributed by atoms with Gasteiger partial charge in [-0.2, -0.15) is 0 Å². The topological polar surface area (TPSA) is 18.5 Å². The molecule has 0 aliphatic heterocycles. The van der Waals surface area contributed by atoms with Gasteiger partial charge in [0.15, 0.2) is 0 Å². The third-order valence-electron chi connectivity index (χ3n) is 8.62. The van der Waals surface area contributed by atoms with Crippen LogP contribution in [0.2, 0.25) is 8.87 Å². The number of hydrogen-bond acceptors (Lipinski definition) is 2. The van der Waals surface area contributed by atoms with E-state index in [4.69, 9.17) is 6.15 Å². The van der Waals surface area contributed by atoms with Crippen LogP contribution in [-0.2, 0) is 25.7 Å². The molecular weight excluding hydrogens is 607 g/mol. The molecule has 0 bridgehead atoms. The van der Waals surface area contributed by atoms with Crippen molar-refractivity contribution in [3.63, 3.8) is 0 Å². The van der Waals surface area contributed by atoms with Crippen molar-refractivity contribution in [2.45, 2.75) is 166 Å². The van der Waals surface area contributed by atoms with Crippen LogP contribution in [0.15, 0.2) is 36.4 Å². The minimum absolute atomic E-state index is 1.02. The SMILES string of the molecule is CCCCCCC[CH2][Sn]([CH2]CCCCCCC)([O]c1cccc(CCC)c1CC)[O]c1cccc(CCC)c1CC. The summed E-state index contributed by atoms with van der Waals surface area (Å²) in [6.45, 7) is 13.8. The van der Waals surface area contributed by atoms with E-state index in [1.54, 1.807) is 0 Å². The van der Waals surface area contributed by atoms with Crippen molar-refractivity contribution in [3.05, 3.63) is 58.7 Å². The van der Waals surface area contributed by atoms with E-state index < -0.39 is 19.2 Å². The molecule has 0 aliphatic carbocycles. The predicted octanol–water partition coefficient (Wildman–Crippen LogP) is 12.3. The van der Waals surface area contributed by atoms with Crippen LogP contribution < -0.4 is 6.15 Å². The molecule has 0 aliphatic rings. The number of rotatable bonds is 24. The molecule has 0 aromatic heterocycles. The summed E-state index contributed by atoms with van der Waals surface area (Å²) in [6.07, 6.45) is 22.4. The van der Waals surface area contributed by atoms with Gasteiger partial charge in [0.25, 0.3) is 0 Å². The van der Waals surface area contributed by atoms with E-state index in [1.165, 1.54) is 112 Å². The predicted molar refractivity (Wildman–Crippen MR) is 183 cm³/mol. The van der Waals surface area contributed by atoms with E-state index >= 15 is 0 Å². The quantitative estimate of drug-likeness (QED) is 0.0817. The molecule has 0 spiro atoms. The summed E-state index contributed by atoms with van der Waals surface area (Å²) in [7, 11) is 0. The van der Waals surface area contributed by atoms with Gasteiger partial charge in [-0.3, -0.25) is 0 Å². The minimum atomic E-state index is -3.61. The second kappa shape index (κ2) is 21.5. The van der Waals surface area contributed by atoms with E-state index in [9.17, 15) is 0 Å². The summed E-state index contributed by atoms with van der Waals surface area (Å²) in [5, 5.41) is 0. The van der Waals surface area contributed by atoms with Crippen molar-refractivity contribution in [1.29, 1.82) is 0 Å². The maximum atomic E-state index is 7.46. The van der Waals surface area contributed by atoms with Crippen molar-refractivity contribution < 1.29 is 6.15 Å². The van der Waals surface area contributed by atoms with Crippen LogP contribution in [0.5, 0.6) is 11.5 Å². The first-order valence-electron chi connectivity index (χ1n) is 17.7. The molecule has 0 saturated carbocycles. The molecule has 0 heterocycles. The van der Waals surface area contributed by atoms with Gasteiger partial charge in [0, 0.05) is 0 Å². The fourth-order valence-corrected chi connectivity index (χ4v) is 16.2. The molecule has 2 aromatic carbocycles. The molecule has 2 rings (SSSR count). The van der Waals surface area contributed by atoms with Crippen molar-refractivity contribution in [2.24, 2.45) is 0 Å². The van der Waals surface area contributed by atoms with Crippen LogP contribution in [0.1, 0.15) is 154 Å². The number of aryl methyl sites for hydroxylation is 2. The Bertz CT molecular complexity index is 876. The zero-order valence-electron chi connectivity index (χ0n) is 27.9. The molecule has 41 heavy (non-hydrogen) atoms. The van der Waals surface area contributed by atoms with Gasteiger partial charge in [0.1, 0.15) is 0 Å². The molecule has 0 atom stereocenters. The molecule has 0 amide bonds. The van der Waals surface area contributed by atoms with E-state index in [0.29, 0.717) is 0 Å². The molecule has 3 heteroatoms. The molecule has 0 unspecified atom stereocenters. The summed E-state index contributed by atoms with van der Waals surface area (Å²) in [5.41, 5.74) is 5.76. The van der Waals surface area contributed by atoms with Gasteiger partial charge in [-0.05, 0) is 0 Å². The Labute approximate surface area is 260 Å². The van der Waals surface area contributed by atoms with Crippen LogP contribution in [-0.4, -0.2) is 19.2 Å². The van der Waals surface area contributed by atoms with Gasteiger partial charge >= 0.3 is 261 Å². The average molecular weight is 672 g/mol. The zero-order valence-corrected chi connectivity index (χ0v) is 30.8. The fraction of sp³-hybridized carbons (Fsp3) is 0.684. The second-order valence-corrected chi connectivity index (χ2v) is 21.4. The second-order valence-electron chi connectivity index (χ2n) is 12.1. The van der Waals surface area contributed by atoms with E-state index in [1.807, 2.05) is 0 Å². The van der Waals surface area contributed by atoms with E-state index in [-0.39, 0.29) is 0 Å². The summed E-state index contributed by atoms with van der Waals surface area (Å²) in [4.78, 5) is 0. The summed E-state index contributed by atoms with van der Waals surface area (Å²) < 4.78 is 17.2. The van der Waals surface area contributed by atoms with Crippen LogP contribution in [0.3, 0.4) is 0 Å². The van der Waals surface area contributed by atoms with Crippen LogP contribution >= 0.6 is 0 Å². The van der Waals surface area contributed by atoms with E-state index in [2.05, 4.69) is 77.9 Å². The maximum absolute atomic E-state index is 7.46. The normalized spacial score (nSPS) is 11.7. The molecule has 0 saturated heterocycles. The summed E-state index contributed by atoms with van der Waals surface area (Å²) in [5.74, 6) is 2.27. The van der Waals surface area contributed by atoms with Crippen LogP contribution in [0.25, 0.3) is 0 Å². The Hall–Kier alpha value is -1.16. The van der Waals surface area contributed by atoms with Crippen LogP contribution in [0.4, 0.5) is 0 Å². The standard InChI is InChI=1S/2C11H16O.2C8H17.Sn/c2*1-3-6-9-7-5-8-11(12)10(9)4-2;2*1-3-5-7-8-6-4-2;/h2*5,7-8,12H,3-4,6H2,1-2H3;2*1,3-8H2,2H3;/q;;;;+2/p-2. The first-order chi connectivity index (χ1) is 20.1. The molecule has 0 fully saturated rings. The van der Waals surface area contributed by atoms with Gasteiger partial charge < -0.3 is 0 Å². The van der Waals surface area contributed by atoms with Crippen molar-refractivity contribution >= 4 is 19.2 Å². The van der Waals surface area contributed by atoms with E-state index in [0.717, 1.165) is 46.1 Å². The van der Waals surface area contributed by atoms with Crippen molar-refractivity contribution in [1.82, 2.24) is 0 Å². The first-order valence-corrected chi connectivity index (χ1v) is 24.0. The number of unbranched alkanes of at least 4 members (excludes halogenated alkanes) is 10. The zero-order chi connectivity index (χ0) is 29.8. The Morgan fingerprint density at radius 2 is 0.854 bits per heavy atom.